The average molecular weight is 467 g/mol. The van der Waals surface area contributed by atoms with E-state index in [2.05, 4.69) is 26.1 Å². The molecule has 3 aromatic heterocycles. The predicted octanol–water partition coefficient (Wildman–Crippen LogP) is 4.19. The van der Waals surface area contributed by atoms with Crippen LogP contribution >= 0.6 is 15.9 Å². The molecule has 1 aromatic carbocycles. The van der Waals surface area contributed by atoms with Gasteiger partial charge in [0.1, 0.15) is 0 Å². The number of hydrogen-bond acceptors (Lipinski definition) is 4. The summed E-state index contributed by atoms with van der Waals surface area (Å²) >= 11 is 3.54. The molecule has 1 amide bonds. The zero-order valence-electron chi connectivity index (χ0n) is 17.4. The molecule has 0 radical (unpaired) electrons. The van der Waals surface area contributed by atoms with Gasteiger partial charge in [-0.1, -0.05) is 18.2 Å². The summed E-state index contributed by atoms with van der Waals surface area (Å²) in [5.41, 5.74) is 4.89. The number of aryl methyl sites for hydroxylation is 2. The molecule has 0 aliphatic heterocycles. The summed E-state index contributed by atoms with van der Waals surface area (Å²) in [4.78, 5) is 19.9. The van der Waals surface area contributed by atoms with E-state index in [4.69, 9.17) is 4.98 Å². The van der Waals surface area contributed by atoms with E-state index in [1.165, 1.54) is 0 Å². The maximum absolute atomic E-state index is 13.5. The van der Waals surface area contributed by atoms with Crippen molar-refractivity contribution in [3.05, 3.63) is 64.1 Å². The van der Waals surface area contributed by atoms with Crippen molar-refractivity contribution in [2.24, 2.45) is 7.05 Å². The summed E-state index contributed by atoms with van der Waals surface area (Å²) in [5.74, 6) is -0.0747. The number of carbonyl (C=O) groups is 1. The Labute approximate surface area is 183 Å². The van der Waals surface area contributed by atoms with Crippen molar-refractivity contribution >= 4 is 32.7 Å². The smallest absolute Gasteiger partial charge is 0.254 e. The van der Waals surface area contributed by atoms with Crippen LogP contribution in [0.25, 0.3) is 22.2 Å². The van der Waals surface area contributed by atoms with E-state index in [1.54, 1.807) is 22.8 Å². The first-order valence-electron chi connectivity index (χ1n) is 9.75. The number of nitrogens with zero attached hydrogens (tertiary/aromatic N) is 6. The van der Waals surface area contributed by atoms with Crippen LogP contribution in [-0.4, -0.2) is 42.4 Å². The number of benzene rings is 1. The van der Waals surface area contributed by atoms with Gasteiger partial charge in [-0.3, -0.25) is 14.2 Å². The maximum atomic E-state index is 13.5. The number of halogens is 1. The van der Waals surface area contributed by atoms with E-state index in [9.17, 15) is 4.79 Å². The quantitative estimate of drug-likeness (QED) is 0.441. The standard InChI is InChI=1S/C22H23BrN6O/c1-5-29-12-18(23)21(26-29)13-27(3)22(30)16-10-20(17-11-24-28(4)14(17)2)25-19-9-7-6-8-15(16)19/h6-12H,5,13H2,1-4H3. The molecule has 4 rings (SSSR count). The summed E-state index contributed by atoms with van der Waals surface area (Å²) in [6.07, 6.45) is 3.72. The lowest BCUT2D eigenvalue weighted by molar-refractivity contribution is 0.0785. The summed E-state index contributed by atoms with van der Waals surface area (Å²) in [5, 5.41) is 9.69. The molecule has 30 heavy (non-hydrogen) atoms. The van der Waals surface area contributed by atoms with Crippen LogP contribution in [0.2, 0.25) is 0 Å². The van der Waals surface area contributed by atoms with Crippen LogP contribution in [0.4, 0.5) is 0 Å². The van der Waals surface area contributed by atoms with Gasteiger partial charge in [0.25, 0.3) is 5.91 Å². The third-order valence-electron chi connectivity index (χ3n) is 5.30. The fourth-order valence-corrected chi connectivity index (χ4v) is 3.89. The van der Waals surface area contributed by atoms with Gasteiger partial charge in [-0.05, 0) is 41.9 Å². The summed E-state index contributed by atoms with van der Waals surface area (Å²) in [7, 11) is 3.69. The Bertz CT molecular complexity index is 1240. The molecular weight excluding hydrogens is 444 g/mol. The highest BCUT2D eigenvalue weighted by Crippen LogP contribution is 2.28. The number of aromatic nitrogens is 5. The Kier molecular flexibility index (Phi) is 5.42. The van der Waals surface area contributed by atoms with Crippen LogP contribution < -0.4 is 0 Å². The second kappa shape index (κ2) is 8.02. The van der Waals surface area contributed by atoms with Gasteiger partial charge in [0.15, 0.2) is 0 Å². The van der Waals surface area contributed by atoms with Crippen molar-refractivity contribution in [2.45, 2.75) is 26.9 Å². The fraction of sp³-hybridized carbons (Fsp3) is 0.273. The number of para-hydroxylation sites is 1. The van der Waals surface area contributed by atoms with Crippen LogP contribution in [0, 0.1) is 6.92 Å². The van der Waals surface area contributed by atoms with Crippen molar-refractivity contribution in [3.8, 4) is 11.3 Å². The third-order valence-corrected chi connectivity index (χ3v) is 5.97. The van der Waals surface area contributed by atoms with Crippen LogP contribution in [0.15, 0.2) is 47.2 Å². The van der Waals surface area contributed by atoms with E-state index >= 15 is 0 Å². The van der Waals surface area contributed by atoms with Gasteiger partial charge in [0.05, 0.1) is 39.7 Å². The highest BCUT2D eigenvalue weighted by atomic mass is 79.9. The normalized spacial score (nSPS) is 11.2. The fourth-order valence-electron chi connectivity index (χ4n) is 3.45. The van der Waals surface area contributed by atoms with E-state index < -0.39 is 0 Å². The Morgan fingerprint density at radius 2 is 2.03 bits per heavy atom. The Balaban J connectivity index is 1.75. The van der Waals surface area contributed by atoms with Gasteiger partial charge >= 0.3 is 0 Å². The average Bonchev–Trinajstić information content (AvgIpc) is 3.28. The lowest BCUT2D eigenvalue weighted by Crippen LogP contribution is -2.27. The van der Waals surface area contributed by atoms with E-state index in [1.807, 2.05) is 62.1 Å². The summed E-state index contributed by atoms with van der Waals surface area (Å²) in [6, 6.07) is 9.59. The van der Waals surface area contributed by atoms with Crippen LogP contribution in [0.1, 0.15) is 28.7 Å². The molecule has 0 aliphatic carbocycles. The second-order valence-corrected chi connectivity index (χ2v) is 8.13. The first-order valence-corrected chi connectivity index (χ1v) is 10.5. The van der Waals surface area contributed by atoms with Crippen LogP contribution in [0.3, 0.4) is 0 Å². The number of fused-ring (bicyclic) bond motifs is 1. The largest absolute Gasteiger partial charge is 0.336 e. The van der Waals surface area contributed by atoms with Crippen molar-refractivity contribution in [1.29, 1.82) is 0 Å². The Morgan fingerprint density at radius 3 is 2.70 bits per heavy atom. The van der Waals surface area contributed by atoms with Gasteiger partial charge in [0, 0.05) is 43.5 Å². The molecule has 0 saturated heterocycles. The van der Waals surface area contributed by atoms with Gasteiger partial charge < -0.3 is 4.90 Å². The zero-order valence-corrected chi connectivity index (χ0v) is 19.0. The lowest BCUT2D eigenvalue weighted by atomic mass is 10.0. The molecule has 0 atom stereocenters. The molecule has 0 N–H and O–H groups in total. The topological polar surface area (TPSA) is 68.8 Å². The predicted molar refractivity (Wildman–Crippen MR) is 120 cm³/mol. The SMILES string of the molecule is CCn1cc(Br)c(CN(C)C(=O)c2cc(-c3cnn(C)c3C)nc3ccccc23)n1. The minimum absolute atomic E-state index is 0.0747. The van der Waals surface area contributed by atoms with E-state index in [0.717, 1.165) is 44.6 Å². The van der Waals surface area contributed by atoms with Crippen molar-refractivity contribution in [3.63, 3.8) is 0 Å². The number of hydrogen-bond donors (Lipinski definition) is 0. The number of carbonyl (C=O) groups excluding carboxylic acids is 1. The number of amides is 1. The highest BCUT2D eigenvalue weighted by molar-refractivity contribution is 9.10. The Morgan fingerprint density at radius 1 is 1.27 bits per heavy atom. The minimum atomic E-state index is -0.0747. The van der Waals surface area contributed by atoms with Crippen molar-refractivity contribution < 1.29 is 4.79 Å². The summed E-state index contributed by atoms with van der Waals surface area (Å²) in [6.45, 7) is 5.21. The molecule has 0 unspecified atom stereocenters. The Hall–Kier alpha value is -3.00. The maximum Gasteiger partial charge on any atom is 0.254 e. The molecule has 8 heteroatoms. The third kappa shape index (κ3) is 3.63. The monoisotopic (exact) mass is 466 g/mol. The molecule has 0 aliphatic rings. The molecule has 3 heterocycles. The van der Waals surface area contributed by atoms with E-state index in [-0.39, 0.29) is 5.91 Å². The van der Waals surface area contributed by atoms with Crippen LogP contribution in [-0.2, 0) is 20.1 Å². The molecule has 0 spiro atoms. The van der Waals surface area contributed by atoms with Gasteiger partial charge in [-0.15, -0.1) is 0 Å². The molecule has 0 fully saturated rings. The molecular formula is C22H23BrN6O. The number of rotatable bonds is 5. The van der Waals surface area contributed by atoms with E-state index in [0.29, 0.717) is 12.1 Å². The second-order valence-electron chi connectivity index (χ2n) is 7.28. The zero-order chi connectivity index (χ0) is 21.4. The molecule has 154 valence electrons. The van der Waals surface area contributed by atoms with Gasteiger partial charge in [-0.2, -0.15) is 10.2 Å². The lowest BCUT2D eigenvalue weighted by Gasteiger charge is -2.18. The molecule has 0 bridgehead atoms. The van der Waals surface area contributed by atoms with Crippen molar-refractivity contribution in [1.82, 2.24) is 29.4 Å². The summed E-state index contributed by atoms with van der Waals surface area (Å²) < 4.78 is 4.56. The highest BCUT2D eigenvalue weighted by Gasteiger charge is 2.20. The first kappa shape index (κ1) is 20.3. The molecule has 4 aromatic rings. The van der Waals surface area contributed by atoms with Gasteiger partial charge in [0.2, 0.25) is 0 Å². The molecule has 0 saturated carbocycles. The van der Waals surface area contributed by atoms with Crippen molar-refractivity contribution in [2.75, 3.05) is 7.05 Å². The van der Waals surface area contributed by atoms with Crippen LogP contribution in [0.5, 0.6) is 0 Å². The first-order chi connectivity index (χ1) is 14.4. The minimum Gasteiger partial charge on any atom is -0.336 e. The van der Waals surface area contributed by atoms with Gasteiger partial charge in [-0.25, -0.2) is 4.98 Å². The molecule has 7 nitrogen and oxygen atoms in total. The number of pyridine rings is 1.